The number of carbonyl (C=O) groups is 1. The monoisotopic (exact) mass is 254 g/mol. The van der Waals surface area contributed by atoms with Gasteiger partial charge in [-0.25, -0.2) is 0 Å². The first-order valence-corrected chi connectivity index (χ1v) is 6.67. The average molecular weight is 254 g/mol. The van der Waals surface area contributed by atoms with Crippen LogP contribution in [0.4, 0.5) is 0 Å². The molecule has 2 rings (SSSR count). The Morgan fingerprint density at radius 3 is 2.56 bits per heavy atom. The third-order valence-electron chi connectivity index (χ3n) is 3.85. The van der Waals surface area contributed by atoms with Gasteiger partial charge in [0.25, 0.3) is 0 Å². The third-order valence-corrected chi connectivity index (χ3v) is 3.85. The molecule has 0 unspecified atom stereocenters. The Morgan fingerprint density at radius 1 is 1.50 bits per heavy atom. The van der Waals surface area contributed by atoms with Crippen molar-refractivity contribution >= 4 is 5.97 Å². The Kier molecular flexibility index (Phi) is 3.66. The highest BCUT2D eigenvalue weighted by Gasteiger charge is 2.44. The van der Waals surface area contributed by atoms with Crippen molar-refractivity contribution < 1.29 is 19.4 Å². The van der Waals surface area contributed by atoms with Crippen LogP contribution in [0.3, 0.4) is 0 Å². The fraction of sp³-hybridized carbons (Fsp3) is 0.786. The van der Waals surface area contributed by atoms with Crippen LogP contribution >= 0.6 is 0 Å². The van der Waals surface area contributed by atoms with Gasteiger partial charge < -0.3 is 14.6 Å². The number of hydrogen-bond donors (Lipinski definition) is 1. The molecule has 1 saturated heterocycles. The fourth-order valence-electron chi connectivity index (χ4n) is 3.03. The van der Waals surface area contributed by atoms with Crippen LogP contribution in [-0.2, 0) is 14.3 Å². The van der Waals surface area contributed by atoms with Gasteiger partial charge in [0.1, 0.15) is 11.9 Å². The molecule has 1 aliphatic carbocycles. The molecule has 1 aliphatic heterocycles. The van der Waals surface area contributed by atoms with E-state index in [4.69, 9.17) is 9.47 Å². The van der Waals surface area contributed by atoms with Crippen LogP contribution in [0, 0.1) is 11.8 Å². The minimum absolute atomic E-state index is 0.449. The van der Waals surface area contributed by atoms with Crippen molar-refractivity contribution in [2.75, 3.05) is 0 Å². The number of carboxylic acids is 1. The van der Waals surface area contributed by atoms with Crippen LogP contribution in [0.25, 0.3) is 0 Å². The minimum atomic E-state index is -0.811. The summed E-state index contributed by atoms with van der Waals surface area (Å²) in [7, 11) is 0. The van der Waals surface area contributed by atoms with Gasteiger partial charge in [0.2, 0.25) is 5.79 Å². The number of carboxylic acid groups (broad SMARTS) is 1. The van der Waals surface area contributed by atoms with Gasteiger partial charge in [-0.3, -0.25) is 4.79 Å². The van der Waals surface area contributed by atoms with Crippen molar-refractivity contribution in [2.45, 2.75) is 57.8 Å². The molecule has 0 aromatic carbocycles. The lowest BCUT2D eigenvalue weighted by molar-refractivity contribution is -0.159. The Labute approximate surface area is 108 Å². The molecule has 1 N–H and O–H groups in total. The van der Waals surface area contributed by atoms with Crippen LogP contribution in [0.5, 0.6) is 0 Å². The molecule has 2 aliphatic rings. The van der Waals surface area contributed by atoms with Crippen LogP contribution < -0.4 is 0 Å². The van der Waals surface area contributed by atoms with Gasteiger partial charge in [0.05, 0.1) is 5.92 Å². The summed E-state index contributed by atoms with van der Waals surface area (Å²) in [5, 5.41) is 9.41. The maximum absolute atomic E-state index is 11.5. The molecule has 0 radical (unpaired) electrons. The summed E-state index contributed by atoms with van der Waals surface area (Å²) in [4.78, 5) is 11.5. The maximum Gasteiger partial charge on any atom is 0.309 e. The standard InChI is InChI=1S/C14H22O4/c1-9-12(18-14(2,3)17-9)11(13(15)16)8-10-6-4-5-7-10/h10-12H,1,4-8H2,2-3H3,(H,15,16)/t11-,12-/m1/s1. The van der Waals surface area contributed by atoms with Gasteiger partial charge in [-0.15, -0.1) is 0 Å². The number of aliphatic carboxylic acids is 1. The van der Waals surface area contributed by atoms with Crippen molar-refractivity contribution in [3.05, 3.63) is 12.3 Å². The molecule has 0 aromatic rings. The molecule has 0 bridgehead atoms. The summed E-state index contributed by atoms with van der Waals surface area (Å²) in [5.74, 6) is -1.15. The lowest BCUT2D eigenvalue weighted by atomic mass is 9.88. The van der Waals surface area contributed by atoms with Crippen LogP contribution in [0.15, 0.2) is 12.3 Å². The molecule has 0 aromatic heterocycles. The van der Waals surface area contributed by atoms with E-state index in [1.54, 1.807) is 13.8 Å². The van der Waals surface area contributed by atoms with E-state index in [9.17, 15) is 9.90 Å². The molecule has 2 fully saturated rings. The fourth-order valence-corrected chi connectivity index (χ4v) is 3.03. The summed E-state index contributed by atoms with van der Waals surface area (Å²) >= 11 is 0. The van der Waals surface area contributed by atoms with Crippen molar-refractivity contribution in [3.63, 3.8) is 0 Å². The first-order chi connectivity index (χ1) is 8.39. The summed E-state index contributed by atoms with van der Waals surface area (Å²) < 4.78 is 11.2. The van der Waals surface area contributed by atoms with E-state index in [0.717, 1.165) is 12.8 Å². The van der Waals surface area contributed by atoms with E-state index in [1.165, 1.54) is 12.8 Å². The molecule has 1 saturated carbocycles. The quantitative estimate of drug-likeness (QED) is 0.838. The second-order valence-electron chi connectivity index (χ2n) is 5.84. The van der Waals surface area contributed by atoms with Gasteiger partial charge in [-0.2, -0.15) is 0 Å². The molecule has 0 amide bonds. The topological polar surface area (TPSA) is 55.8 Å². The summed E-state index contributed by atoms with van der Waals surface area (Å²) in [6, 6.07) is 0. The molecule has 2 atom stereocenters. The smallest absolute Gasteiger partial charge is 0.309 e. The summed E-state index contributed by atoms with van der Waals surface area (Å²) in [6.45, 7) is 7.37. The van der Waals surface area contributed by atoms with E-state index < -0.39 is 23.8 Å². The average Bonchev–Trinajstić information content (AvgIpc) is 2.82. The van der Waals surface area contributed by atoms with Crippen molar-refractivity contribution in [3.8, 4) is 0 Å². The lowest BCUT2D eigenvalue weighted by Gasteiger charge is -2.22. The van der Waals surface area contributed by atoms with E-state index in [0.29, 0.717) is 18.1 Å². The first kappa shape index (κ1) is 13.4. The van der Waals surface area contributed by atoms with Gasteiger partial charge in [0.15, 0.2) is 0 Å². The van der Waals surface area contributed by atoms with Crippen LogP contribution in [0.2, 0.25) is 0 Å². The highest BCUT2D eigenvalue weighted by Crippen LogP contribution is 2.39. The van der Waals surface area contributed by atoms with Crippen molar-refractivity contribution in [1.29, 1.82) is 0 Å². The molecule has 4 nitrogen and oxygen atoms in total. The highest BCUT2D eigenvalue weighted by molar-refractivity contribution is 5.71. The van der Waals surface area contributed by atoms with Gasteiger partial charge >= 0.3 is 5.97 Å². The maximum atomic E-state index is 11.5. The zero-order chi connectivity index (χ0) is 13.3. The minimum Gasteiger partial charge on any atom is -0.481 e. The Morgan fingerprint density at radius 2 is 2.11 bits per heavy atom. The number of ether oxygens (including phenoxy) is 2. The molecule has 18 heavy (non-hydrogen) atoms. The molecule has 1 heterocycles. The Bertz CT molecular complexity index is 342. The Hall–Kier alpha value is -1.03. The zero-order valence-electron chi connectivity index (χ0n) is 11.1. The van der Waals surface area contributed by atoms with Gasteiger partial charge in [-0.05, 0) is 12.3 Å². The molecule has 4 heteroatoms. The Balaban J connectivity index is 2.05. The summed E-state index contributed by atoms with van der Waals surface area (Å²) in [6.07, 6.45) is 4.84. The normalized spacial score (nSPS) is 29.2. The number of rotatable bonds is 4. The van der Waals surface area contributed by atoms with Gasteiger partial charge in [-0.1, -0.05) is 32.3 Å². The van der Waals surface area contributed by atoms with Crippen LogP contribution in [-0.4, -0.2) is 23.0 Å². The van der Waals surface area contributed by atoms with E-state index in [1.807, 2.05) is 0 Å². The molecular formula is C14H22O4. The molecule has 102 valence electrons. The van der Waals surface area contributed by atoms with Crippen molar-refractivity contribution in [1.82, 2.24) is 0 Å². The zero-order valence-corrected chi connectivity index (χ0v) is 11.1. The second kappa shape index (κ2) is 4.92. The predicted octanol–water partition coefficient (Wildman–Crippen LogP) is 2.93. The first-order valence-electron chi connectivity index (χ1n) is 6.67. The van der Waals surface area contributed by atoms with Crippen molar-refractivity contribution in [2.24, 2.45) is 11.8 Å². The second-order valence-corrected chi connectivity index (χ2v) is 5.84. The predicted molar refractivity (Wildman–Crippen MR) is 66.9 cm³/mol. The van der Waals surface area contributed by atoms with E-state index in [2.05, 4.69) is 6.58 Å². The highest BCUT2D eigenvalue weighted by atomic mass is 16.7. The lowest BCUT2D eigenvalue weighted by Crippen LogP contribution is -2.32. The van der Waals surface area contributed by atoms with E-state index >= 15 is 0 Å². The third kappa shape index (κ3) is 2.86. The SMILES string of the molecule is C=C1OC(C)(C)O[C@H]1[C@@H](CC1CCCC1)C(=O)O. The number of hydrogen-bond acceptors (Lipinski definition) is 3. The molecule has 0 spiro atoms. The summed E-state index contributed by atoms with van der Waals surface area (Å²) in [5.41, 5.74) is 0. The largest absolute Gasteiger partial charge is 0.481 e. The van der Waals surface area contributed by atoms with E-state index in [-0.39, 0.29) is 0 Å². The van der Waals surface area contributed by atoms with Gasteiger partial charge in [0, 0.05) is 13.8 Å². The molecular weight excluding hydrogens is 232 g/mol. The van der Waals surface area contributed by atoms with Crippen LogP contribution in [0.1, 0.15) is 46.0 Å².